The van der Waals surface area contributed by atoms with E-state index in [9.17, 15) is 10.1 Å². The van der Waals surface area contributed by atoms with Gasteiger partial charge < -0.3 is 16.0 Å². The van der Waals surface area contributed by atoms with Crippen molar-refractivity contribution in [2.75, 3.05) is 33.2 Å². The minimum Gasteiger partial charge on any atom is -0.338 e. The van der Waals surface area contributed by atoms with Gasteiger partial charge >= 0.3 is 0 Å². The molecular formula is C33H45N5O. The normalized spacial score (nSPS) is 22.2. The molecule has 0 bridgehead atoms. The molecule has 1 atom stereocenters. The summed E-state index contributed by atoms with van der Waals surface area (Å²) in [4.78, 5) is 18.1. The molecule has 1 amide bonds. The zero-order valence-corrected chi connectivity index (χ0v) is 23.6. The zero-order chi connectivity index (χ0) is 27.3. The smallest absolute Gasteiger partial charge is 0.241 e. The van der Waals surface area contributed by atoms with Crippen molar-refractivity contribution in [2.24, 2.45) is 11.1 Å². The largest absolute Gasteiger partial charge is 0.338 e. The number of carbonyl (C=O) groups excluding carboxylic acids is 1. The molecule has 208 valence electrons. The van der Waals surface area contributed by atoms with Crippen molar-refractivity contribution in [3.05, 3.63) is 59.7 Å². The highest BCUT2D eigenvalue weighted by Crippen LogP contribution is 2.49. The van der Waals surface area contributed by atoms with Gasteiger partial charge in [0.05, 0.1) is 11.6 Å². The molecule has 5 rings (SSSR count). The lowest BCUT2D eigenvalue weighted by Crippen LogP contribution is -2.59. The first-order valence-electron chi connectivity index (χ1n) is 15.0. The Bertz CT molecular complexity index is 1130. The van der Waals surface area contributed by atoms with Crippen LogP contribution in [0, 0.1) is 16.7 Å². The van der Waals surface area contributed by atoms with Gasteiger partial charge in [0.25, 0.3) is 0 Å². The Labute approximate surface area is 234 Å². The van der Waals surface area contributed by atoms with Crippen LogP contribution >= 0.6 is 0 Å². The molecule has 0 aromatic heterocycles. The summed E-state index contributed by atoms with van der Waals surface area (Å²) in [6, 6.07) is 18.9. The monoisotopic (exact) mass is 527 g/mol. The fraction of sp³-hybridized carbons (Fsp3) is 0.576. The van der Waals surface area contributed by atoms with E-state index in [1.807, 2.05) is 0 Å². The molecule has 3 N–H and O–H groups in total. The van der Waals surface area contributed by atoms with Crippen LogP contribution in [0.2, 0.25) is 0 Å². The Kier molecular flexibility index (Phi) is 8.71. The molecule has 39 heavy (non-hydrogen) atoms. The SMILES string of the molecule is CN1CCN(Cc2ccc(-c3ccc(C[C@@H](C#N)NC(=O)C4(N)CCC5(CCCCC5)CC4)cc3)cc2)CC1. The van der Waals surface area contributed by atoms with Crippen molar-refractivity contribution in [1.29, 1.82) is 5.26 Å². The Morgan fingerprint density at radius 3 is 2.00 bits per heavy atom. The molecule has 3 fully saturated rings. The molecule has 2 aromatic carbocycles. The van der Waals surface area contributed by atoms with Crippen LogP contribution in [-0.4, -0.2) is 60.5 Å². The van der Waals surface area contributed by atoms with E-state index in [1.54, 1.807) is 0 Å². The first-order valence-corrected chi connectivity index (χ1v) is 15.0. The van der Waals surface area contributed by atoms with Crippen molar-refractivity contribution in [1.82, 2.24) is 15.1 Å². The molecule has 0 unspecified atom stereocenters. The van der Waals surface area contributed by atoms with Gasteiger partial charge in [-0.1, -0.05) is 67.8 Å². The van der Waals surface area contributed by atoms with Gasteiger partial charge in [-0.3, -0.25) is 9.69 Å². The average molecular weight is 528 g/mol. The Morgan fingerprint density at radius 2 is 1.44 bits per heavy atom. The predicted octanol–water partition coefficient (Wildman–Crippen LogP) is 4.87. The lowest BCUT2D eigenvalue weighted by Gasteiger charge is -2.46. The third-order valence-electron chi connectivity index (χ3n) is 9.71. The van der Waals surface area contributed by atoms with Crippen molar-refractivity contribution in [3.8, 4) is 17.2 Å². The molecule has 2 saturated carbocycles. The van der Waals surface area contributed by atoms with E-state index in [-0.39, 0.29) is 5.91 Å². The van der Waals surface area contributed by atoms with Gasteiger partial charge in [-0.05, 0) is 73.2 Å². The van der Waals surface area contributed by atoms with E-state index >= 15 is 0 Å². The molecule has 2 aliphatic carbocycles. The Balaban J connectivity index is 1.13. The lowest BCUT2D eigenvalue weighted by atomic mass is 9.61. The molecule has 6 nitrogen and oxygen atoms in total. The second-order valence-corrected chi connectivity index (χ2v) is 12.5. The minimum absolute atomic E-state index is 0.159. The number of nitrogens with two attached hydrogens (primary N) is 1. The summed E-state index contributed by atoms with van der Waals surface area (Å²) in [6.45, 7) is 5.51. The summed E-state index contributed by atoms with van der Waals surface area (Å²) >= 11 is 0. The fourth-order valence-electron chi connectivity index (χ4n) is 6.82. The number of nitrogens with zero attached hydrogens (tertiary/aromatic N) is 3. The highest BCUT2D eigenvalue weighted by atomic mass is 16.2. The van der Waals surface area contributed by atoms with E-state index in [0.29, 0.717) is 11.8 Å². The van der Waals surface area contributed by atoms with Crippen molar-refractivity contribution < 1.29 is 4.79 Å². The van der Waals surface area contributed by atoms with Crippen LogP contribution in [-0.2, 0) is 17.8 Å². The van der Waals surface area contributed by atoms with Gasteiger partial charge in [-0.2, -0.15) is 5.26 Å². The Hall–Kier alpha value is -2.72. The fourth-order valence-corrected chi connectivity index (χ4v) is 6.82. The number of carbonyl (C=O) groups is 1. The number of piperazine rings is 1. The van der Waals surface area contributed by atoms with Crippen LogP contribution in [0.5, 0.6) is 0 Å². The molecule has 1 saturated heterocycles. The summed E-state index contributed by atoms with van der Waals surface area (Å²) in [5.41, 5.74) is 10.9. The number of benzene rings is 2. The van der Waals surface area contributed by atoms with E-state index in [2.05, 4.69) is 76.8 Å². The standard InChI is InChI=1S/C33H45N5O/c1-37-19-21-38(22-20-37)25-27-7-11-29(12-8-27)28-9-5-26(6-10-28)23-30(24-34)36-31(39)33(35)17-15-32(16-18-33)13-3-2-4-14-32/h5-12,30H,2-4,13-23,25,35H2,1H3,(H,36,39)/t30-/m0/s1. The summed E-state index contributed by atoms with van der Waals surface area (Å²) in [7, 11) is 2.19. The number of nitriles is 1. The number of likely N-dealkylation sites (N-methyl/N-ethyl adjacent to an activating group) is 1. The van der Waals surface area contributed by atoms with Crippen molar-refractivity contribution >= 4 is 5.91 Å². The van der Waals surface area contributed by atoms with E-state index in [4.69, 9.17) is 5.73 Å². The van der Waals surface area contributed by atoms with E-state index in [1.165, 1.54) is 43.2 Å². The molecule has 2 aromatic rings. The molecule has 3 aliphatic rings. The first-order chi connectivity index (χ1) is 18.9. The topological polar surface area (TPSA) is 85.4 Å². The minimum atomic E-state index is -0.849. The van der Waals surface area contributed by atoms with Crippen LogP contribution in [0.3, 0.4) is 0 Å². The van der Waals surface area contributed by atoms with Crippen LogP contribution in [0.25, 0.3) is 11.1 Å². The van der Waals surface area contributed by atoms with Crippen LogP contribution < -0.4 is 11.1 Å². The summed E-state index contributed by atoms with van der Waals surface area (Å²) in [5, 5.41) is 12.8. The molecule has 0 radical (unpaired) electrons. The lowest BCUT2D eigenvalue weighted by molar-refractivity contribution is -0.129. The maximum absolute atomic E-state index is 13.2. The van der Waals surface area contributed by atoms with Gasteiger partial charge in [0.15, 0.2) is 0 Å². The van der Waals surface area contributed by atoms with E-state index < -0.39 is 11.6 Å². The third kappa shape index (κ3) is 6.90. The second-order valence-electron chi connectivity index (χ2n) is 12.5. The highest BCUT2D eigenvalue weighted by Gasteiger charge is 2.45. The summed E-state index contributed by atoms with van der Waals surface area (Å²) < 4.78 is 0. The molecule has 6 heteroatoms. The summed E-state index contributed by atoms with van der Waals surface area (Å²) in [5.74, 6) is -0.159. The van der Waals surface area contributed by atoms with E-state index in [0.717, 1.165) is 69.5 Å². The van der Waals surface area contributed by atoms with Crippen molar-refractivity contribution in [2.45, 2.75) is 82.3 Å². The molecule has 1 heterocycles. The molecule has 1 aliphatic heterocycles. The van der Waals surface area contributed by atoms with Crippen LogP contribution in [0.4, 0.5) is 0 Å². The highest BCUT2D eigenvalue weighted by molar-refractivity contribution is 5.86. The number of hydrogen-bond acceptors (Lipinski definition) is 5. The first kappa shape index (κ1) is 27.8. The van der Waals surface area contributed by atoms with Crippen molar-refractivity contribution in [3.63, 3.8) is 0 Å². The third-order valence-corrected chi connectivity index (χ3v) is 9.71. The molecular weight excluding hydrogens is 482 g/mol. The average Bonchev–Trinajstić information content (AvgIpc) is 2.97. The van der Waals surface area contributed by atoms with Crippen LogP contribution in [0.15, 0.2) is 48.5 Å². The zero-order valence-electron chi connectivity index (χ0n) is 23.6. The number of nitrogens with one attached hydrogen (secondary N) is 1. The van der Waals surface area contributed by atoms with Gasteiger partial charge in [0, 0.05) is 39.1 Å². The van der Waals surface area contributed by atoms with Gasteiger partial charge in [0.1, 0.15) is 6.04 Å². The van der Waals surface area contributed by atoms with Gasteiger partial charge in [-0.15, -0.1) is 0 Å². The van der Waals surface area contributed by atoms with Gasteiger partial charge in [0.2, 0.25) is 5.91 Å². The quantitative estimate of drug-likeness (QED) is 0.536. The number of hydrogen-bond donors (Lipinski definition) is 2. The van der Waals surface area contributed by atoms with Gasteiger partial charge in [-0.25, -0.2) is 0 Å². The predicted molar refractivity (Wildman–Crippen MR) is 157 cm³/mol. The number of rotatable bonds is 7. The Morgan fingerprint density at radius 1 is 0.872 bits per heavy atom. The number of amides is 1. The van der Waals surface area contributed by atoms with Crippen LogP contribution in [0.1, 0.15) is 68.9 Å². The maximum Gasteiger partial charge on any atom is 0.241 e. The second kappa shape index (κ2) is 12.2. The maximum atomic E-state index is 13.2. The summed E-state index contributed by atoms with van der Waals surface area (Å²) in [6.07, 6.45) is 10.5. The molecule has 1 spiro atoms.